The molecule has 5 heteroatoms. The molecule has 1 aromatic rings. The van der Waals surface area contributed by atoms with Crippen molar-refractivity contribution in [3.8, 4) is 0 Å². The third-order valence-corrected chi connectivity index (χ3v) is 2.60. The van der Waals surface area contributed by atoms with Gasteiger partial charge in [0.2, 0.25) is 0 Å². The van der Waals surface area contributed by atoms with E-state index in [0.717, 1.165) is 12.3 Å². The van der Waals surface area contributed by atoms with Gasteiger partial charge in [0.25, 0.3) is 5.91 Å². The molecule has 0 saturated carbocycles. The highest BCUT2D eigenvalue weighted by Crippen LogP contribution is 2.07. The predicted molar refractivity (Wildman–Crippen MR) is 56.5 cm³/mol. The number of rotatable bonds is 3. The lowest BCUT2D eigenvalue weighted by Crippen LogP contribution is -2.36. The number of carbonyl (C=O) groups excluding carboxylic acids is 1. The molecule has 1 aromatic heterocycles. The van der Waals surface area contributed by atoms with Gasteiger partial charge >= 0.3 is 0 Å². The molecule has 0 fully saturated rings. The maximum absolute atomic E-state index is 12.8. The Balaban J connectivity index is 2.85. The molecule has 0 aliphatic heterocycles. The molecule has 0 N–H and O–H groups in total. The SMILES string of the molecule is CC(CCl)N(C)C(=O)c1cncc(F)c1. The van der Waals surface area contributed by atoms with Gasteiger partial charge in [-0.15, -0.1) is 11.6 Å². The summed E-state index contributed by atoms with van der Waals surface area (Å²) in [6.45, 7) is 1.82. The van der Waals surface area contributed by atoms with Crippen molar-refractivity contribution < 1.29 is 9.18 Å². The van der Waals surface area contributed by atoms with Crippen LogP contribution in [0.1, 0.15) is 17.3 Å². The highest BCUT2D eigenvalue weighted by Gasteiger charge is 2.17. The van der Waals surface area contributed by atoms with Crippen LogP contribution in [0.25, 0.3) is 0 Å². The van der Waals surface area contributed by atoms with Gasteiger partial charge in [-0.05, 0) is 13.0 Å². The fraction of sp³-hybridized carbons (Fsp3) is 0.400. The summed E-state index contributed by atoms with van der Waals surface area (Å²) in [5.41, 5.74) is 0.231. The van der Waals surface area contributed by atoms with E-state index in [2.05, 4.69) is 4.98 Å². The molecule has 1 rings (SSSR count). The van der Waals surface area contributed by atoms with Crippen LogP contribution in [0, 0.1) is 5.82 Å². The summed E-state index contributed by atoms with van der Waals surface area (Å²) in [4.78, 5) is 16.8. The van der Waals surface area contributed by atoms with Crippen molar-refractivity contribution in [3.05, 3.63) is 29.8 Å². The Morgan fingerprint density at radius 1 is 1.67 bits per heavy atom. The highest BCUT2D eigenvalue weighted by molar-refractivity contribution is 6.18. The number of pyridine rings is 1. The zero-order valence-electron chi connectivity index (χ0n) is 8.58. The monoisotopic (exact) mass is 230 g/mol. The molecule has 0 aromatic carbocycles. The first-order chi connectivity index (χ1) is 7.06. The summed E-state index contributed by atoms with van der Waals surface area (Å²) >= 11 is 5.63. The Hall–Kier alpha value is -1.16. The lowest BCUT2D eigenvalue weighted by atomic mass is 10.2. The number of amides is 1. The second-order valence-electron chi connectivity index (χ2n) is 3.31. The quantitative estimate of drug-likeness (QED) is 0.744. The molecule has 3 nitrogen and oxygen atoms in total. The van der Waals surface area contributed by atoms with E-state index >= 15 is 0 Å². The fourth-order valence-electron chi connectivity index (χ4n) is 1.04. The number of carbonyl (C=O) groups is 1. The fourth-order valence-corrected chi connectivity index (χ4v) is 1.24. The number of hydrogen-bond donors (Lipinski definition) is 0. The van der Waals surface area contributed by atoms with Crippen molar-refractivity contribution in [3.63, 3.8) is 0 Å². The minimum absolute atomic E-state index is 0.0950. The van der Waals surface area contributed by atoms with Crippen molar-refractivity contribution in [1.82, 2.24) is 9.88 Å². The summed E-state index contributed by atoms with van der Waals surface area (Å²) in [5.74, 6) is -0.465. The van der Waals surface area contributed by atoms with Gasteiger partial charge in [-0.1, -0.05) is 0 Å². The first-order valence-electron chi connectivity index (χ1n) is 4.50. The van der Waals surface area contributed by atoms with Crippen LogP contribution in [0.15, 0.2) is 18.5 Å². The third-order valence-electron chi connectivity index (χ3n) is 2.16. The van der Waals surface area contributed by atoms with Crippen molar-refractivity contribution in [1.29, 1.82) is 0 Å². The van der Waals surface area contributed by atoms with Gasteiger partial charge < -0.3 is 4.90 Å². The molecular formula is C10H12ClFN2O. The Morgan fingerprint density at radius 3 is 2.87 bits per heavy atom. The molecule has 1 atom stereocenters. The van der Waals surface area contributed by atoms with Crippen molar-refractivity contribution in [2.75, 3.05) is 12.9 Å². The van der Waals surface area contributed by atoms with Gasteiger partial charge in [0, 0.05) is 25.2 Å². The maximum Gasteiger partial charge on any atom is 0.255 e. The van der Waals surface area contributed by atoms with Crippen molar-refractivity contribution >= 4 is 17.5 Å². The summed E-state index contributed by atoms with van der Waals surface area (Å²) in [6.07, 6.45) is 2.39. The molecule has 0 spiro atoms. The van der Waals surface area contributed by atoms with Gasteiger partial charge in [0.15, 0.2) is 0 Å². The van der Waals surface area contributed by atoms with E-state index in [-0.39, 0.29) is 17.5 Å². The first-order valence-corrected chi connectivity index (χ1v) is 5.03. The van der Waals surface area contributed by atoms with Crippen LogP contribution >= 0.6 is 11.6 Å². The lowest BCUT2D eigenvalue weighted by molar-refractivity contribution is 0.0755. The first kappa shape index (κ1) is 11.9. The van der Waals surface area contributed by atoms with E-state index in [1.807, 2.05) is 6.92 Å². The molecule has 0 bridgehead atoms. The zero-order chi connectivity index (χ0) is 11.4. The molecule has 15 heavy (non-hydrogen) atoms. The molecule has 1 amide bonds. The lowest BCUT2D eigenvalue weighted by Gasteiger charge is -2.22. The molecule has 0 aliphatic rings. The summed E-state index contributed by atoms with van der Waals surface area (Å²) in [5, 5.41) is 0. The van der Waals surface area contributed by atoms with Crippen molar-refractivity contribution in [2.45, 2.75) is 13.0 Å². The van der Waals surface area contributed by atoms with Crippen LogP contribution in [0.4, 0.5) is 4.39 Å². The highest BCUT2D eigenvalue weighted by atomic mass is 35.5. The second kappa shape index (κ2) is 5.07. The van der Waals surface area contributed by atoms with E-state index in [1.54, 1.807) is 7.05 Å². The van der Waals surface area contributed by atoms with E-state index in [9.17, 15) is 9.18 Å². The molecule has 0 saturated heterocycles. The van der Waals surface area contributed by atoms with Gasteiger partial charge in [-0.3, -0.25) is 9.78 Å². The number of halogens is 2. The van der Waals surface area contributed by atoms with Crippen LogP contribution in [0.5, 0.6) is 0 Å². The van der Waals surface area contributed by atoms with Gasteiger partial charge in [0.1, 0.15) is 5.82 Å². The second-order valence-corrected chi connectivity index (χ2v) is 3.62. The Bertz CT molecular complexity index is 359. The number of aromatic nitrogens is 1. The Morgan fingerprint density at radius 2 is 2.33 bits per heavy atom. The van der Waals surface area contributed by atoms with Crippen LogP contribution in [-0.4, -0.2) is 34.8 Å². The van der Waals surface area contributed by atoms with E-state index in [0.29, 0.717) is 5.88 Å². The number of nitrogens with zero attached hydrogens (tertiary/aromatic N) is 2. The standard InChI is InChI=1S/C10H12ClFN2O/c1-7(4-11)14(2)10(15)8-3-9(12)6-13-5-8/h3,5-7H,4H2,1-2H3. The van der Waals surface area contributed by atoms with E-state index in [1.165, 1.54) is 11.1 Å². The minimum Gasteiger partial charge on any atom is -0.338 e. The van der Waals surface area contributed by atoms with E-state index < -0.39 is 5.82 Å². The smallest absolute Gasteiger partial charge is 0.255 e. The Kier molecular flexibility index (Phi) is 4.03. The van der Waals surface area contributed by atoms with Gasteiger partial charge in [-0.25, -0.2) is 4.39 Å². The summed E-state index contributed by atoms with van der Waals surface area (Å²) in [7, 11) is 1.63. The topological polar surface area (TPSA) is 33.2 Å². The van der Waals surface area contributed by atoms with Crippen LogP contribution in [0.3, 0.4) is 0 Å². The predicted octanol–water partition coefficient (Wildman–Crippen LogP) is 1.92. The van der Waals surface area contributed by atoms with Crippen molar-refractivity contribution in [2.24, 2.45) is 0 Å². The number of alkyl halides is 1. The summed E-state index contributed by atoms with van der Waals surface area (Å²) in [6, 6.07) is 1.06. The van der Waals surface area contributed by atoms with Gasteiger partial charge in [0.05, 0.1) is 11.8 Å². The average Bonchev–Trinajstić information content (AvgIpc) is 2.26. The third kappa shape index (κ3) is 2.89. The van der Waals surface area contributed by atoms with Crippen LogP contribution in [-0.2, 0) is 0 Å². The molecule has 1 unspecified atom stereocenters. The van der Waals surface area contributed by atoms with Crippen LogP contribution in [0.2, 0.25) is 0 Å². The summed E-state index contributed by atoms with van der Waals surface area (Å²) < 4.78 is 12.8. The normalized spacial score (nSPS) is 12.3. The maximum atomic E-state index is 12.8. The zero-order valence-corrected chi connectivity index (χ0v) is 9.33. The largest absolute Gasteiger partial charge is 0.338 e. The molecule has 82 valence electrons. The van der Waals surface area contributed by atoms with Gasteiger partial charge in [-0.2, -0.15) is 0 Å². The number of hydrogen-bond acceptors (Lipinski definition) is 2. The molecule has 0 aliphatic carbocycles. The molecule has 1 heterocycles. The average molecular weight is 231 g/mol. The Labute approximate surface area is 92.9 Å². The van der Waals surface area contributed by atoms with Crippen LogP contribution < -0.4 is 0 Å². The van der Waals surface area contributed by atoms with E-state index in [4.69, 9.17) is 11.6 Å². The molecule has 0 radical (unpaired) electrons. The molecular weight excluding hydrogens is 219 g/mol. The minimum atomic E-state index is -0.521.